The average molecular weight is 200 g/mol. The number of ether oxygens (including phenoxy) is 1. The molecule has 2 unspecified atom stereocenters. The fourth-order valence-corrected chi connectivity index (χ4v) is 1.67. The summed E-state index contributed by atoms with van der Waals surface area (Å²) in [5.74, 6) is 0. The van der Waals surface area contributed by atoms with E-state index >= 15 is 0 Å². The zero-order valence-corrected chi connectivity index (χ0v) is 8.11. The lowest BCUT2D eigenvalue weighted by molar-refractivity contribution is 0.0351. The summed E-state index contributed by atoms with van der Waals surface area (Å²) in [6, 6.07) is -0.109. The molecule has 0 spiro atoms. The van der Waals surface area contributed by atoms with Crippen LogP contribution in [0.2, 0.25) is 0 Å². The molecule has 1 saturated heterocycles. The quantitative estimate of drug-likeness (QED) is 0.602. The van der Waals surface area contributed by atoms with Gasteiger partial charge in [-0.25, -0.2) is 4.79 Å². The number of morpholine rings is 1. The molecule has 0 aromatic carbocycles. The molecule has 2 N–H and O–H groups in total. The van der Waals surface area contributed by atoms with Gasteiger partial charge in [0, 0.05) is 13.1 Å². The summed E-state index contributed by atoms with van der Waals surface area (Å²) in [6.07, 6.45) is 1.34. The molecule has 1 heterocycles. The van der Waals surface area contributed by atoms with Crippen molar-refractivity contribution < 1.29 is 14.6 Å². The third kappa shape index (κ3) is 1.99. The molecule has 80 valence electrons. The topological polar surface area (TPSA) is 61.8 Å². The van der Waals surface area contributed by atoms with Gasteiger partial charge in [0.25, 0.3) is 0 Å². The van der Waals surface area contributed by atoms with Crippen LogP contribution in [0, 0.1) is 0 Å². The SMILES string of the molecule is O=C(NC1CCC1O)N1CCOCC1. The average Bonchev–Trinajstić information content (AvgIpc) is 2.24. The van der Waals surface area contributed by atoms with Gasteiger partial charge in [-0.3, -0.25) is 0 Å². The van der Waals surface area contributed by atoms with Crippen molar-refractivity contribution in [2.75, 3.05) is 26.3 Å². The van der Waals surface area contributed by atoms with Crippen molar-refractivity contribution >= 4 is 6.03 Å². The molecule has 2 rings (SSSR count). The van der Waals surface area contributed by atoms with Crippen molar-refractivity contribution in [2.45, 2.75) is 25.0 Å². The van der Waals surface area contributed by atoms with Crippen molar-refractivity contribution in [1.82, 2.24) is 10.2 Å². The third-order valence-corrected chi connectivity index (χ3v) is 2.85. The number of nitrogens with zero attached hydrogens (tertiary/aromatic N) is 1. The Hall–Kier alpha value is -0.810. The molecule has 0 aromatic rings. The first-order chi connectivity index (χ1) is 6.77. The Balaban J connectivity index is 1.76. The lowest BCUT2D eigenvalue weighted by Crippen LogP contribution is -2.55. The molecule has 1 saturated carbocycles. The van der Waals surface area contributed by atoms with Crippen LogP contribution < -0.4 is 5.32 Å². The van der Waals surface area contributed by atoms with Crippen LogP contribution in [-0.4, -0.2) is 54.5 Å². The van der Waals surface area contributed by atoms with E-state index in [1.54, 1.807) is 4.90 Å². The van der Waals surface area contributed by atoms with Crippen LogP contribution in [0.1, 0.15) is 12.8 Å². The highest BCUT2D eigenvalue weighted by Gasteiger charge is 2.31. The Labute approximate surface area is 83.0 Å². The maximum atomic E-state index is 11.6. The summed E-state index contributed by atoms with van der Waals surface area (Å²) in [4.78, 5) is 13.3. The smallest absolute Gasteiger partial charge is 0.317 e. The number of hydrogen-bond donors (Lipinski definition) is 2. The molecule has 0 bridgehead atoms. The normalized spacial score (nSPS) is 32.2. The highest BCUT2D eigenvalue weighted by atomic mass is 16.5. The van der Waals surface area contributed by atoms with Gasteiger partial charge in [0.2, 0.25) is 0 Å². The number of aliphatic hydroxyl groups is 1. The first kappa shape index (κ1) is 9.73. The van der Waals surface area contributed by atoms with Crippen molar-refractivity contribution in [3.05, 3.63) is 0 Å². The van der Waals surface area contributed by atoms with E-state index in [2.05, 4.69) is 5.32 Å². The van der Waals surface area contributed by atoms with Gasteiger partial charge in [-0.1, -0.05) is 0 Å². The molecule has 2 fully saturated rings. The van der Waals surface area contributed by atoms with Gasteiger partial charge >= 0.3 is 6.03 Å². The van der Waals surface area contributed by atoms with Crippen molar-refractivity contribution in [1.29, 1.82) is 0 Å². The molecule has 1 aliphatic heterocycles. The van der Waals surface area contributed by atoms with Gasteiger partial charge in [0.05, 0.1) is 25.4 Å². The van der Waals surface area contributed by atoms with Gasteiger partial charge in [0.15, 0.2) is 0 Å². The number of urea groups is 1. The fourth-order valence-electron chi connectivity index (χ4n) is 1.67. The number of rotatable bonds is 1. The highest BCUT2D eigenvalue weighted by Crippen LogP contribution is 2.19. The Bertz CT molecular complexity index is 216. The second kappa shape index (κ2) is 4.14. The van der Waals surface area contributed by atoms with Crippen molar-refractivity contribution in [3.8, 4) is 0 Å². The van der Waals surface area contributed by atoms with Gasteiger partial charge in [0.1, 0.15) is 0 Å². The maximum absolute atomic E-state index is 11.6. The van der Waals surface area contributed by atoms with Crippen LogP contribution in [0.25, 0.3) is 0 Å². The monoisotopic (exact) mass is 200 g/mol. The maximum Gasteiger partial charge on any atom is 0.317 e. The van der Waals surface area contributed by atoms with E-state index < -0.39 is 0 Å². The number of hydrogen-bond acceptors (Lipinski definition) is 3. The number of amides is 2. The Morgan fingerprint density at radius 1 is 1.36 bits per heavy atom. The summed E-state index contributed by atoms with van der Waals surface area (Å²) in [6.45, 7) is 2.52. The van der Waals surface area contributed by atoms with Crippen LogP contribution in [0.4, 0.5) is 4.79 Å². The molecule has 1 aliphatic carbocycles. The van der Waals surface area contributed by atoms with Crippen LogP contribution in [0.15, 0.2) is 0 Å². The third-order valence-electron chi connectivity index (χ3n) is 2.85. The molecule has 5 nitrogen and oxygen atoms in total. The summed E-state index contributed by atoms with van der Waals surface area (Å²) in [5, 5.41) is 12.1. The van der Waals surface area contributed by atoms with Gasteiger partial charge in [-0.2, -0.15) is 0 Å². The Kier molecular flexibility index (Phi) is 2.88. The van der Waals surface area contributed by atoms with Crippen molar-refractivity contribution in [3.63, 3.8) is 0 Å². The first-order valence-corrected chi connectivity index (χ1v) is 5.08. The minimum atomic E-state index is -0.347. The van der Waals surface area contributed by atoms with Crippen LogP contribution >= 0.6 is 0 Å². The predicted molar refractivity (Wildman–Crippen MR) is 50.0 cm³/mol. The molecular weight excluding hydrogens is 184 g/mol. The number of carbonyl (C=O) groups excluding carboxylic acids is 1. The molecule has 2 aliphatic rings. The van der Waals surface area contributed by atoms with Crippen molar-refractivity contribution in [2.24, 2.45) is 0 Å². The molecule has 2 amide bonds. The van der Waals surface area contributed by atoms with Crippen LogP contribution in [0.3, 0.4) is 0 Å². The Morgan fingerprint density at radius 2 is 2.07 bits per heavy atom. The van der Waals surface area contributed by atoms with Crippen LogP contribution in [-0.2, 0) is 4.74 Å². The van der Waals surface area contributed by atoms with E-state index in [0.717, 1.165) is 12.8 Å². The largest absolute Gasteiger partial charge is 0.391 e. The van der Waals surface area contributed by atoms with E-state index in [1.807, 2.05) is 0 Å². The lowest BCUT2D eigenvalue weighted by Gasteiger charge is -2.35. The second-order valence-corrected chi connectivity index (χ2v) is 3.80. The summed E-state index contributed by atoms with van der Waals surface area (Å²) in [5.41, 5.74) is 0. The molecule has 0 aromatic heterocycles. The summed E-state index contributed by atoms with van der Waals surface area (Å²) >= 11 is 0. The molecule has 2 atom stereocenters. The van der Waals surface area contributed by atoms with Gasteiger partial charge in [-0.05, 0) is 12.8 Å². The first-order valence-electron chi connectivity index (χ1n) is 5.08. The molecule has 14 heavy (non-hydrogen) atoms. The van der Waals surface area contributed by atoms with Gasteiger partial charge < -0.3 is 20.1 Å². The van der Waals surface area contributed by atoms with Crippen LogP contribution in [0.5, 0.6) is 0 Å². The minimum absolute atomic E-state index is 0.0367. The van der Waals surface area contributed by atoms with Gasteiger partial charge in [-0.15, -0.1) is 0 Å². The highest BCUT2D eigenvalue weighted by molar-refractivity contribution is 5.74. The number of carbonyl (C=O) groups is 1. The lowest BCUT2D eigenvalue weighted by atomic mass is 9.89. The fraction of sp³-hybridized carbons (Fsp3) is 0.889. The van der Waals surface area contributed by atoms with E-state index in [9.17, 15) is 9.90 Å². The Morgan fingerprint density at radius 3 is 2.57 bits per heavy atom. The van der Waals surface area contributed by atoms with E-state index in [-0.39, 0.29) is 18.2 Å². The molecular formula is C9H16N2O3. The number of aliphatic hydroxyl groups excluding tert-OH is 1. The zero-order valence-electron chi connectivity index (χ0n) is 8.11. The van der Waals surface area contributed by atoms with E-state index in [4.69, 9.17) is 4.74 Å². The molecule has 5 heteroatoms. The minimum Gasteiger partial charge on any atom is -0.391 e. The number of nitrogens with one attached hydrogen (secondary N) is 1. The standard InChI is InChI=1S/C9H16N2O3/c12-8-2-1-7(8)10-9(13)11-3-5-14-6-4-11/h7-8,12H,1-6H2,(H,10,13). The molecule has 0 radical (unpaired) electrons. The second-order valence-electron chi connectivity index (χ2n) is 3.80. The summed E-state index contributed by atoms with van der Waals surface area (Å²) in [7, 11) is 0. The van der Waals surface area contributed by atoms with E-state index in [1.165, 1.54) is 0 Å². The predicted octanol–water partition coefficient (Wildman–Crippen LogP) is -0.449. The zero-order chi connectivity index (χ0) is 9.97. The summed E-state index contributed by atoms with van der Waals surface area (Å²) < 4.78 is 5.15. The van der Waals surface area contributed by atoms with E-state index in [0.29, 0.717) is 26.3 Å².